The first-order chi connectivity index (χ1) is 6.62. The van der Waals surface area contributed by atoms with Gasteiger partial charge < -0.3 is 5.32 Å². The van der Waals surface area contributed by atoms with Gasteiger partial charge in [0.1, 0.15) is 0 Å². The second kappa shape index (κ2) is 8.28. The average molecular weight is 199 g/mol. The Kier molecular flexibility index (Phi) is 8.26. The van der Waals surface area contributed by atoms with Crippen LogP contribution in [0.25, 0.3) is 0 Å². The topological polar surface area (TPSA) is 12.0 Å². The number of rotatable bonds is 9. The van der Waals surface area contributed by atoms with Gasteiger partial charge in [-0.2, -0.15) is 0 Å². The third kappa shape index (κ3) is 8.55. The smallest absolute Gasteiger partial charge is 0.000251 e. The highest BCUT2D eigenvalue weighted by Crippen LogP contribution is 2.22. The van der Waals surface area contributed by atoms with Crippen LogP contribution in [0.1, 0.15) is 66.2 Å². The van der Waals surface area contributed by atoms with Crippen LogP contribution >= 0.6 is 0 Å². The minimum Gasteiger partial charge on any atom is -0.316 e. The van der Waals surface area contributed by atoms with Crippen molar-refractivity contribution in [2.45, 2.75) is 66.2 Å². The molecule has 0 aromatic carbocycles. The molecule has 1 heteroatoms. The van der Waals surface area contributed by atoms with Crippen LogP contribution in [0.2, 0.25) is 0 Å². The van der Waals surface area contributed by atoms with E-state index in [1.807, 2.05) is 0 Å². The van der Waals surface area contributed by atoms with Gasteiger partial charge in [-0.25, -0.2) is 0 Å². The third-order valence-electron chi connectivity index (χ3n) is 2.74. The molecule has 0 amide bonds. The van der Waals surface area contributed by atoms with E-state index in [-0.39, 0.29) is 0 Å². The summed E-state index contributed by atoms with van der Waals surface area (Å²) in [4.78, 5) is 0. The van der Waals surface area contributed by atoms with Crippen molar-refractivity contribution in [1.82, 2.24) is 5.32 Å². The molecule has 14 heavy (non-hydrogen) atoms. The van der Waals surface area contributed by atoms with Crippen LogP contribution in [0.5, 0.6) is 0 Å². The molecule has 0 unspecified atom stereocenters. The lowest BCUT2D eigenvalue weighted by molar-refractivity contribution is 0.302. The van der Waals surface area contributed by atoms with Crippen molar-refractivity contribution in [3.05, 3.63) is 0 Å². The van der Waals surface area contributed by atoms with E-state index in [0.29, 0.717) is 5.41 Å². The lowest BCUT2D eigenvalue weighted by Gasteiger charge is -2.25. The minimum atomic E-state index is 0.489. The van der Waals surface area contributed by atoms with E-state index in [9.17, 15) is 0 Å². The fourth-order valence-corrected chi connectivity index (χ4v) is 1.72. The molecule has 0 aliphatic heterocycles. The molecule has 0 aromatic rings. The molecule has 1 N–H and O–H groups in total. The highest BCUT2D eigenvalue weighted by molar-refractivity contribution is 4.71. The van der Waals surface area contributed by atoms with E-state index in [2.05, 4.69) is 33.0 Å². The van der Waals surface area contributed by atoms with Crippen molar-refractivity contribution in [1.29, 1.82) is 0 Å². The van der Waals surface area contributed by atoms with Gasteiger partial charge in [-0.15, -0.1) is 0 Å². The highest BCUT2D eigenvalue weighted by Gasteiger charge is 2.15. The molecule has 0 aromatic heterocycles. The van der Waals surface area contributed by atoms with Gasteiger partial charge in [0, 0.05) is 6.54 Å². The van der Waals surface area contributed by atoms with Crippen LogP contribution in [-0.4, -0.2) is 13.1 Å². The Morgan fingerprint density at radius 2 is 1.64 bits per heavy atom. The summed E-state index contributed by atoms with van der Waals surface area (Å²) in [5.74, 6) is 0. The first-order valence-electron chi connectivity index (χ1n) is 6.33. The molecule has 0 saturated heterocycles. The summed E-state index contributed by atoms with van der Waals surface area (Å²) in [5, 5.41) is 3.52. The summed E-state index contributed by atoms with van der Waals surface area (Å²) in [5.41, 5.74) is 0.489. The van der Waals surface area contributed by atoms with E-state index in [1.165, 1.54) is 51.6 Å². The summed E-state index contributed by atoms with van der Waals surface area (Å²) in [6.07, 6.45) is 8.16. The summed E-state index contributed by atoms with van der Waals surface area (Å²) in [7, 11) is 0. The monoisotopic (exact) mass is 199 g/mol. The molecule has 0 fully saturated rings. The zero-order valence-corrected chi connectivity index (χ0v) is 10.7. The van der Waals surface area contributed by atoms with Crippen LogP contribution in [-0.2, 0) is 0 Å². The number of unbranched alkanes of at least 4 members (excludes halogenated alkanes) is 3. The summed E-state index contributed by atoms with van der Waals surface area (Å²) in [6.45, 7) is 11.6. The second-order valence-electron chi connectivity index (χ2n) is 5.15. The molecule has 0 bridgehead atoms. The number of nitrogens with one attached hydrogen (secondary N) is 1. The fraction of sp³-hybridized carbons (Fsp3) is 1.00. The zero-order chi connectivity index (χ0) is 10.9. The van der Waals surface area contributed by atoms with Gasteiger partial charge >= 0.3 is 0 Å². The van der Waals surface area contributed by atoms with Crippen molar-refractivity contribution >= 4 is 0 Å². The van der Waals surface area contributed by atoms with E-state index in [1.54, 1.807) is 0 Å². The normalized spacial score (nSPS) is 12.0. The Bertz CT molecular complexity index is 118. The zero-order valence-electron chi connectivity index (χ0n) is 10.7. The molecule has 0 heterocycles. The first-order valence-corrected chi connectivity index (χ1v) is 6.33. The van der Waals surface area contributed by atoms with Crippen molar-refractivity contribution in [3.63, 3.8) is 0 Å². The number of hydrogen-bond acceptors (Lipinski definition) is 1. The van der Waals surface area contributed by atoms with Gasteiger partial charge in [-0.3, -0.25) is 0 Å². The summed E-state index contributed by atoms with van der Waals surface area (Å²) < 4.78 is 0. The van der Waals surface area contributed by atoms with Gasteiger partial charge in [-0.05, 0) is 24.8 Å². The Hall–Kier alpha value is -0.0400. The molecule has 0 aliphatic carbocycles. The lowest BCUT2D eigenvalue weighted by Crippen LogP contribution is -2.29. The Morgan fingerprint density at radius 1 is 0.929 bits per heavy atom. The fourth-order valence-electron chi connectivity index (χ4n) is 1.72. The predicted molar refractivity (Wildman–Crippen MR) is 65.7 cm³/mol. The molecular formula is C13H29N. The summed E-state index contributed by atoms with van der Waals surface area (Å²) >= 11 is 0. The largest absolute Gasteiger partial charge is 0.316 e. The van der Waals surface area contributed by atoms with Gasteiger partial charge in [-0.1, -0.05) is 53.4 Å². The highest BCUT2D eigenvalue weighted by atomic mass is 14.9. The maximum absolute atomic E-state index is 3.52. The van der Waals surface area contributed by atoms with Crippen LogP contribution in [0.3, 0.4) is 0 Å². The van der Waals surface area contributed by atoms with Crippen molar-refractivity contribution in [2.24, 2.45) is 5.41 Å². The van der Waals surface area contributed by atoms with E-state index < -0.39 is 0 Å². The van der Waals surface area contributed by atoms with Crippen LogP contribution < -0.4 is 5.32 Å². The lowest BCUT2D eigenvalue weighted by atomic mass is 9.86. The first kappa shape index (κ1) is 14.0. The van der Waals surface area contributed by atoms with E-state index in [0.717, 1.165) is 0 Å². The van der Waals surface area contributed by atoms with Crippen molar-refractivity contribution < 1.29 is 0 Å². The second-order valence-corrected chi connectivity index (χ2v) is 5.15. The standard InChI is InChI=1S/C13H29N/c1-5-7-8-9-10-13(3,4)12-14-11-6-2/h14H,5-12H2,1-4H3. The molecule has 0 spiro atoms. The average Bonchev–Trinajstić information content (AvgIpc) is 2.13. The molecule has 0 aliphatic rings. The maximum atomic E-state index is 3.52. The van der Waals surface area contributed by atoms with Crippen molar-refractivity contribution in [3.8, 4) is 0 Å². The molecular weight excluding hydrogens is 170 g/mol. The molecule has 1 nitrogen and oxygen atoms in total. The Labute approximate surface area is 90.7 Å². The van der Waals surface area contributed by atoms with Gasteiger partial charge in [0.05, 0.1) is 0 Å². The Balaban J connectivity index is 3.40. The van der Waals surface area contributed by atoms with E-state index >= 15 is 0 Å². The number of hydrogen-bond donors (Lipinski definition) is 1. The van der Waals surface area contributed by atoms with Crippen LogP contribution in [0, 0.1) is 5.41 Å². The summed E-state index contributed by atoms with van der Waals surface area (Å²) in [6, 6.07) is 0. The Morgan fingerprint density at radius 3 is 2.21 bits per heavy atom. The molecule has 0 saturated carbocycles. The van der Waals surface area contributed by atoms with Gasteiger partial charge in [0.25, 0.3) is 0 Å². The third-order valence-corrected chi connectivity index (χ3v) is 2.74. The molecule has 0 rings (SSSR count). The van der Waals surface area contributed by atoms with Crippen LogP contribution in [0.15, 0.2) is 0 Å². The van der Waals surface area contributed by atoms with Gasteiger partial charge in [0.15, 0.2) is 0 Å². The SMILES string of the molecule is CCCCCCC(C)(C)CNCCC. The molecule has 0 atom stereocenters. The maximum Gasteiger partial charge on any atom is 0.000251 e. The predicted octanol–water partition coefficient (Wildman–Crippen LogP) is 3.98. The van der Waals surface area contributed by atoms with Crippen molar-refractivity contribution in [2.75, 3.05) is 13.1 Å². The van der Waals surface area contributed by atoms with Crippen LogP contribution in [0.4, 0.5) is 0 Å². The quantitative estimate of drug-likeness (QED) is 0.554. The van der Waals surface area contributed by atoms with Gasteiger partial charge in [0.2, 0.25) is 0 Å². The molecule has 0 radical (unpaired) electrons. The van der Waals surface area contributed by atoms with E-state index in [4.69, 9.17) is 0 Å². The minimum absolute atomic E-state index is 0.489. The molecule has 86 valence electrons.